The Hall–Kier alpha value is -0.860. The first-order valence-electron chi connectivity index (χ1n) is 7.40. The summed E-state index contributed by atoms with van der Waals surface area (Å²) in [4.78, 5) is 2.66. The van der Waals surface area contributed by atoms with E-state index in [-0.39, 0.29) is 0 Å². The largest absolute Gasteiger partial charge is 0.313 e. The van der Waals surface area contributed by atoms with Gasteiger partial charge in [0.1, 0.15) is 0 Å². The number of likely N-dealkylation sites (N-methyl/N-ethyl adjacent to an activating group) is 1. The van der Waals surface area contributed by atoms with Crippen LogP contribution in [-0.2, 0) is 6.42 Å². The van der Waals surface area contributed by atoms with E-state index in [1.807, 2.05) is 0 Å². The van der Waals surface area contributed by atoms with E-state index in [1.54, 1.807) is 11.1 Å². The molecule has 1 saturated heterocycles. The van der Waals surface area contributed by atoms with Crippen molar-refractivity contribution in [2.75, 3.05) is 26.2 Å². The fourth-order valence-electron chi connectivity index (χ4n) is 3.51. The second-order valence-electron chi connectivity index (χ2n) is 5.76. The zero-order valence-electron chi connectivity index (χ0n) is 11.4. The van der Waals surface area contributed by atoms with Gasteiger partial charge in [0.15, 0.2) is 0 Å². The van der Waals surface area contributed by atoms with E-state index in [1.165, 1.54) is 38.9 Å². The summed E-state index contributed by atoms with van der Waals surface area (Å²) in [7, 11) is 0. The van der Waals surface area contributed by atoms with Crippen LogP contribution in [0.1, 0.15) is 36.8 Å². The van der Waals surface area contributed by atoms with E-state index in [0.29, 0.717) is 0 Å². The third-order valence-electron chi connectivity index (χ3n) is 4.44. The van der Waals surface area contributed by atoms with E-state index in [0.717, 1.165) is 18.5 Å². The average molecular weight is 244 g/mol. The van der Waals surface area contributed by atoms with Crippen LogP contribution in [0, 0.1) is 0 Å². The number of fused-ring (bicyclic) bond motifs is 1. The zero-order chi connectivity index (χ0) is 12.4. The standard InChI is InChI=1S/C16H24N2/c1-2-17-15-7-5-9-18(12-15)11-14-10-13-6-3-4-8-16(13)14/h3-4,6,8,14-15,17H,2,5,7,9-12H2,1H3. The minimum absolute atomic E-state index is 0.721. The molecule has 0 spiro atoms. The molecule has 1 N–H and O–H groups in total. The Labute approximate surface area is 110 Å². The minimum atomic E-state index is 0.721. The van der Waals surface area contributed by atoms with Gasteiger partial charge >= 0.3 is 0 Å². The first-order chi connectivity index (χ1) is 8.86. The first-order valence-corrected chi connectivity index (χ1v) is 7.40. The number of benzene rings is 1. The number of piperidine rings is 1. The van der Waals surface area contributed by atoms with Crippen molar-refractivity contribution in [1.29, 1.82) is 0 Å². The summed E-state index contributed by atoms with van der Waals surface area (Å²) in [6, 6.07) is 9.66. The van der Waals surface area contributed by atoms with Crippen molar-refractivity contribution < 1.29 is 0 Å². The fraction of sp³-hybridized carbons (Fsp3) is 0.625. The Morgan fingerprint density at radius 3 is 3.06 bits per heavy atom. The fourth-order valence-corrected chi connectivity index (χ4v) is 3.51. The Morgan fingerprint density at radius 1 is 1.33 bits per heavy atom. The molecule has 0 saturated carbocycles. The molecule has 2 nitrogen and oxygen atoms in total. The molecule has 3 rings (SSSR count). The highest BCUT2D eigenvalue weighted by Gasteiger charge is 2.29. The molecule has 18 heavy (non-hydrogen) atoms. The van der Waals surface area contributed by atoms with E-state index in [9.17, 15) is 0 Å². The zero-order valence-corrected chi connectivity index (χ0v) is 11.4. The minimum Gasteiger partial charge on any atom is -0.313 e. The molecule has 98 valence electrons. The summed E-state index contributed by atoms with van der Waals surface area (Å²) in [5, 5.41) is 3.60. The number of rotatable bonds is 4. The van der Waals surface area contributed by atoms with Gasteiger partial charge in [-0.1, -0.05) is 31.2 Å². The van der Waals surface area contributed by atoms with Gasteiger partial charge in [0.2, 0.25) is 0 Å². The van der Waals surface area contributed by atoms with Gasteiger partial charge in [-0.25, -0.2) is 0 Å². The number of hydrogen-bond donors (Lipinski definition) is 1. The van der Waals surface area contributed by atoms with Crippen LogP contribution in [0.4, 0.5) is 0 Å². The van der Waals surface area contributed by atoms with Crippen LogP contribution < -0.4 is 5.32 Å². The maximum Gasteiger partial charge on any atom is 0.0195 e. The van der Waals surface area contributed by atoms with Crippen molar-refractivity contribution in [2.45, 2.75) is 38.1 Å². The molecule has 2 unspecified atom stereocenters. The Kier molecular flexibility index (Phi) is 3.67. The van der Waals surface area contributed by atoms with Gasteiger partial charge in [0.25, 0.3) is 0 Å². The van der Waals surface area contributed by atoms with Crippen molar-refractivity contribution in [3.63, 3.8) is 0 Å². The third kappa shape index (κ3) is 2.45. The molecule has 1 aromatic rings. The second-order valence-corrected chi connectivity index (χ2v) is 5.76. The van der Waals surface area contributed by atoms with E-state index < -0.39 is 0 Å². The first kappa shape index (κ1) is 12.2. The summed E-state index contributed by atoms with van der Waals surface area (Å²) in [6.07, 6.45) is 4.00. The predicted octanol–water partition coefficient (Wildman–Crippen LogP) is 2.40. The molecule has 2 atom stereocenters. The summed E-state index contributed by atoms with van der Waals surface area (Å²) in [5.41, 5.74) is 3.17. The van der Waals surface area contributed by atoms with Crippen LogP contribution >= 0.6 is 0 Å². The van der Waals surface area contributed by atoms with Crippen LogP contribution in [0.15, 0.2) is 24.3 Å². The lowest BCUT2D eigenvalue weighted by Crippen LogP contribution is -2.47. The van der Waals surface area contributed by atoms with Crippen LogP contribution in [0.5, 0.6) is 0 Å². The van der Waals surface area contributed by atoms with Gasteiger partial charge in [-0.2, -0.15) is 0 Å². The quantitative estimate of drug-likeness (QED) is 0.875. The number of nitrogens with one attached hydrogen (secondary N) is 1. The van der Waals surface area contributed by atoms with Gasteiger partial charge < -0.3 is 10.2 Å². The molecule has 0 amide bonds. The summed E-state index contributed by atoms with van der Waals surface area (Å²) >= 11 is 0. The molecular weight excluding hydrogens is 220 g/mol. The van der Waals surface area contributed by atoms with Crippen molar-refractivity contribution in [3.05, 3.63) is 35.4 Å². The second kappa shape index (κ2) is 5.41. The van der Waals surface area contributed by atoms with Crippen molar-refractivity contribution in [2.24, 2.45) is 0 Å². The molecule has 1 heterocycles. The molecule has 0 radical (unpaired) electrons. The van der Waals surface area contributed by atoms with E-state index >= 15 is 0 Å². The van der Waals surface area contributed by atoms with Crippen LogP contribution in [0.3, 0.4) is 0 Å². The predicted molar refractivity (Wildman–Crippen MR) is 76.0 cm³/mol. The van der Waals surface area contributed by atoms with Gasteiger partial charge in [0, 0.05) is 25.0 Å². The lowest BCUT2D eigenvalue weighted by molar-refractivity contribution is 0.177. The van der Waals surface area contributed by atoms with Gasteiger partial charge in [-0.15, -0.1) is 0 Å². The summed E-state index contributed by atoms with van der Waals surface area (Å²) < 4.78 is 0. The molecule has 1 fully saturated rings. The monoisotopic (exact) mass is 244 g/mol. The van der Waals surface area contributed by atoms with Crippen molar-refractivity contribution >= 4 is 0 Å². The Bertz CT molecular complexity index is 400. The van der Waals surface area contributed by atoms with Gasteiger partial charge in [-0.05, 0) is 43.5 Å². The summed E-state index contributed by atoms with van der Waals surface area (Å²) in [5.74, 6) is 0.793. The van der Waals surface area contributed by atoms with Crippen molar-refractivity contribution in [3.8, 4) is 0 Å². The maximum atomic E-state index is 3.60. The van der Waals surface area contributed by atoms with E-state index in [2.05, 4.69) is 41.4 Å². The molecule has 1 aliphatic carbocycles. The lowest BCUT2D eigenvalue weighted by atomic mass is 9.77. The lowest BCUT2D eigenvalue weighted by Gasteiger charge is -2.39. The van der Waals surface area contributed by atoms with Crippen molar-refractivity contribution in [1.82, 2.24) is 10.2 Å². The highest BCUT2D eigenvalue weighted by molar-refractivity contribution is 5.40. The molecule has 2 aliphatic rings. The maximum absolute atomic E-state index is 3.60. The molecular formula is C16H24N2. The highest BCUT2D eigenvalue weighted by atomic mass is 15.2. The Balaban J connectivity index is 1.55. The molecule has 2 heteroatoms. The molecule has 0 aromatic heterocycles. The van der Waals surface area contributed by atoms with Crippen LogP contribution in [0.25, 0.3) is 0 Å². The number of nitrogens with zero attached hydrogens (tertiary/aromatic N) is 1. The van der Waals surface area contributed by atoms with Crippen LogP contribution in [0.2, 0.25) is 0 Å². The topological polar surface area (TPSA) is 15.3 Å². The Morgan fingerprint density at radius 2 is 2.22 bits per heavy atom. The molecule has 1 aliphatic heterocycles. The van der Waals surface area contributed by atoms with Gasteiger partial charge in [-0.3, -0.25) is 0 Å². The summed E-state index contributed by atoms with van der Waals surface area (Å²) in [6.45, 7) is 7.11. The van der Waals surface area contributed by atoms with E-state index in [4.69, 9.17) is 0 Å². The number of likely N-dealkylation sites (tertiary alicyclic amines) is 1. The third-order valence-corrected chi connectivity index (χ3v) is 4.44. The normalized spacial score (nSPS) is 27.6. The number of hydrogen-bond acceptors (Lipinski definition) is 2. The SMILES string of the molecule is CCNC1CCCN(CC2Cc3ccccc32)C1. The highest BCUT2D eigenvalue weighted by Crippen LogP contribution is 2.35. The molecule has 1 aromatic carbocycles. The smallest absolute Gasteiger partial charge is 0.0195 e. The average Bonchev–Trinajstić information content (AvgIpc) is 2.37. The van der Waals surface area contributed by atoms with Gasteiger partial charge in [0.05, 0.1) is 0 Å². The molecule has 0 bridgehead atoms. The van der Waals surface area contributed by atoms with Crippen LogP contribution in [-0.4, -0.2) is 37.1 Å².